The van der Waals surface area contributed by atoms with Gasteiger partial charge in [-0.2, -0.15) is 0 Å². The van der Waals surface area contributed by atoms with Crippen molar-refractivity contribution in [2.24, 2.45) is 5.73 Å². The van der Waals surface area contributed by atoms with Crippen molar-refractivity contribution in [1.29, 1.82) is 0 Å². The van der Waals surface area contributed by atoms with Gasteiger partial charge in [0.1, 0.15) is 0 Å². The van der Waals surface area contributed by atoms with Crippen LogP contribution in [-0.2, 0) is 0 Å². The van der Waals surface area contributed by atoms with Crippen molar-refractivity contribution in [2.75, 3.05) is 11.1 Å². The Bertz CT molecular complexity index is 646. The number of rotatable bonds is 3. The average Bonchev–Trinajstić information content (AvgIpc) is 2.36. The van der Waals surface area contributed by atoms with Gasteiger partial charge < -0.3 is 16.8 Å². The van der Waals surface area contributed by atoms with E-state index >= 15 is 0 Å². The lowest BCUT2D eigenvalue weighted by atomic mass is 10.1. The number of nitrogens with two attached hydrogens (primary N) is 2. The third-order valence-electron chi connectivity index (χ3n) is 2.51. The van der Waals surface area contributed by atoms with E-state index in [2.05, 4.69) is 21.2 Å². The van der Waals surface area contributed by atoms with E-state index in [1.807, 2.05) is 6.07 Å². The number of hydrogen-bond acceptors (Lipinski definition) is 3. The molecule has 0 aliphatic heterocycles. The van der Waals surface area contributed by atoms with Crippen LogP contribution in [-0.4, -0.2) is 5.91 Å². The fourth-order valence-electron chi connectivity index (χ4n) is 1.60. The van der Waals surface area contributed by atoms with Gasteiger partial charge in [0.15, 0.2) is 0 Å². The molecule has 1 amide bonds. The number of nitrogens with one attached hydrogen (secondary N) is 1. The molecular weight excluding hydrogens is 330 g/mol. The highest BCUT2D eigenvalue weighted by atomic mass is 79.9. The van der Waals surface area contributed by atoms with Gasteiger partial charge >= 0.3 is 0 Å². The molecule has 0 fully saturated rings. The van der Waals surface area contributed by atoms with Crippen molar-refractivity contribution < 1.29 is 4.79 Å². The second-order valence-electron chi connectivity index (χ2n) is 3.92. The van der Waals surface area contributed by atoms with Gasteiger partial charge in [0.25, 0.3) is 5.91 Å². The molecule has 0 aliphatic carbocycles. The number of anilines is 3. The fourth-order valence-corrected chi connectivity index (χ4v) is 2.10. The monoisotopic (exact) mass is 339 g/mol. The van der Waals surface area contributed by atoms with E-state index in [1.54, 1.807) is 24.3 Å². The number of amides is 1. The third kappa shape index (κ3) is 3.19. The summed E-state index contributed by atoms with van der Waals surface area (Å²) in [5, 5.41) is 3.71. The summed E-state index contributed by atoms with van der Waals surface area (Å²) >= 11 is 9.26. The standard InChI is InChI=1S/C13H11BrClN3O/c14-10-6-8(2-3-11(10)15)18-12-4-1-7(16)5-9(12)13(17)19/h1-6,18H,16H2,(H2,17,19). The van der Waals surface area contributed by atoms with Crippen LogP contribution in [0.25, 0.3) is 0 Å². The van der Waals surface area contributed by atoms with Crippen molar-refractivity contribution in [1.82, 2.24) is 0 Å². The summed E-state index contributed by atoms with van der Waals surface area (Å²) in [4.78, 5) is 11.4. The van der Waals surface area contributed by atoms with Crippen LogP contribution in [0.5, 0.6) is 0 Å². The topological polar surface area (TPSA) is 81.1 Å². The number of benzene rings is 2. The molecule has 0 unspecified atom stereocenters. The molecular formula is C13H11BrClN3O. The predicted octanol–water partition coefficient (Wildman–Crippen LogP) is 3.53. The molecule has 4 nitrogen and oxygen atoms in total. The summed E-state index contributed by atoms with van der Waals surface area (Å²) in [6.07, 6.45) is 0. The SMILES string of the molecule is NC(=O)c1cc(N)ccc1Nc1ccc(Cl)c(Br)c1. The predicted molar refractivity (Wildman–Crippen MR) is 81.8 cm³/mol. The minimum atomic E-state index is -0.539. The second-order valence-corrected chi connectivity index (χ2v) is 5.18. The quantitative estimate of drug-likeness (QED) is 0.748. The number of carbonyl (C=O) groups excluding carboxylic acids is 1. The Morgan fingerprint density at radius 2 is 1.95 bits per heavy atom. The van der Waals surface area contributed by atoms with E-state index in [4.69, 9.17) is 23.1 Å². The summed E-state index contributed by atoms with van der Waals surface area (Å²) in [6, 6.07) is 10.3. The van der Waals surface area contributed by atoms with Crippen LogP contribution in [0, 0.1) is 0 Å². The molecule has 0 bridgehead atoms. The molecule has 0 atom stereocenters. The first-order valence-electron chi connectivity index (χ1n) is 5.39. The number of hydrogen-bond donors (Lipinski definition) is 3. The van der Waals surface area contributed by atoms with Crippen LogP contribution < -0.4 is 16.8 Å². The van der Waals surface area contributed by atoms with E-state index in [9.17, 15) is 4.79 Å². The number of nitrogen functional groups attached to an aromatic ring is 1. The Kier molecular flexibility index (Phi) is 3.97. The first kappa shape index (κ1) is 13.7. The van der Waals surface area contributed by atoms with Crippen LogP contribution >= 0.6 is 27.5 Å². The molecule has 2 rings (SSSR count). The van der Waals surface area contributed by atoms with Gasteiger partial charge in [0, 0.05) is 15.8 Å². The van der Waals surface area contributed by atoms with Crippen molar-refractivity contribution in [3.63, 3.8) is 0 Å². The molecule has 6 heteroatoms. The van der Waals surface area contributed by atoms with Gasteiger partial charge in [-0.3, -0.25) is 4.79 Å². The molecule has 0 spiro atoms. The molecule has 19 heavy (non-hydrogen) atoms. The van der Waals surface area contributed by atoms with Crippen molar-refractivity contribution in [2.45, 2.75) is 0 Å². The van der Waals surface area contributed by atoms with E-state index in [0.29, 0.717) is 22.0 Å². The Morgan fingerprint density at radius 3 is 2.58 bits per heavy atom. The first-order chi connectivity index (χ1) is 8.97. The van der Waals surface area contributed by atoms with Crippen LogP contribution in [0.2, 0.25) is 5.02 Å². The highest BCUT2D eigenvalue weighted by Crippen LogP contribution is 2.29. The van der Waals surface area contributed by atoms with Crippen LogP contribution in [0.3, 0.4) is 0 Å². The van der Waals surface area contributed by atoms with E-state index in [0.717, 1.165) is 10.2 Å². The van der Waals surface area contributed by atoms with Gasteiger partial charge in [-0.25, -0.2) is 0 Å². The first-order valence-corrected chi connectivity index (χ1v) is 6.56. The Hall–Kier alpha value is -1.72. The molecule has 2 aromatic rings. The van der Waals surface area contributed by atoms with Gasteiger partial charge in [0.2, 0.25) is 0 Å². The highest BCUT2D eigenvalue weighted by molar-refractivity contribution is 9.10. The van der Waals surface area contributed by atoms with Crippen molar-refractivity contribution in [3.05, 3.63) is 51.5 Å². The van der Waals surface area contributed by atoms with Crippen LogP contribution in [0.1, 0.15) is 10.4 Å². The van der Waals surface area contributed by atoms with E-state index < -0.39 is 5.91 Å². The lowest BCUT2D eigenvalue weighted by molar-refractivity contribution is 0.100. The van der Waals surface area contributed by atoms with Gasteiger partial charge in [-0.05, 0) is 52.3 Å². The van der Waals surface area contributed by atoms with E-state index in [1.165, 1.54) is 6.07 Å². The lowest BCUT2D eigenvalue weighted by Crippen LogP contribution is -2.13. The fraction of sp³-hybridized carbons (Fsp3) is 0. The third-order valence-corrected chi connectivity index (χ3v) is 3.72. The Morgan fingerprint density at radius 1 is 1.21 bits per heavy atom. The highest BCUT2D eigenvalue weighted by Gasteiger charge is 2.09. The van der Waals surface area contributed by atoms with Gasteiger partial charge in [0.05, 0.1) is 16.3 Å². The molecule has 0 aliphatic rings. The summed E-state index contributed by atoms with van der Waals surface area (Å²) in [5.41, 5.74) is 13.2. The average molecular weight is 341 g/mol. The summed E-state index contributed by atoms with van der Waals surface area (Å²) in [5.74, 6) is -0.539. The van der Waals surface area contributed by atoms with Gasteiger partial charge in [-0.15, -0.1) is 0 Å². The molecule has 0 radical (unpaired) electrons. The smallest absolute Gasteiger partial charge is 0.250 e. The number of primary amides is 1. The largest absolute Gasteiger partial charge is 0.399 e. The molecule has 0 saturated heterocycles. The van der Waals surface area contributed by atoms with E-state index in [-0.39, 0.29) is 0 Å². The van der Waals surface area contributed by atoms with Crippen LogP contribution in [0.15, 0.2) is 40.9 Å². The maximum Gasteiger partial charge on any atom is 0.250 e. The molecule has 0 heterocycles. The van der Waals surface area contributed by atoms with Crippen molar-refractivity contribution in [3.8, 4) is 0 Å². The van der Waals surface area contributed by atoms with Gasteiger partial charge in [-0.1, -0.05) is 11.6 Å². The number of halogens is 2. The summed E-state index contributed by atoms with van der Waals surface area (Å²) < 4.78 is 0.759. The maximum absolute atomic E-state index is 11.4. The summed E-state index contributed by atoms with van der Waals surface area (Å²) in [6.45, 7) is 0. The minimum Gasteiger partial charge on any atom is -0.399 e. The minimum absolute atomic E-state index is 0.339. The number of carbonyl (C=O) groups is 1. The zero-order valence-electron chi connectivity index (χ0n) is 9.78. The lowest BCUT2D eigenvalue weighted by Gasteiger charge is -2.11. The molecule has 98 valence electrons. The maximum atomic E-state index is 11.4. The van der Waals surface area contributed by atoms with Crippen LogP contribution in [0.4, 0.5) is 17.1 Å². The molecule has 0 aromatic heterocycles. The summed E-state index contributed by atoms with van der Waals surface area (Å²) in [7, 11) is 0. The zero-order chi connectivity index (χ0) is 14.0. The molecule has 2 aromatic carbocycles. The normalized spacial score (nSPS) is 10.2. The molecule has 5 N–H and O–H groups in total. The molecule has 0 saturated carbocycles. The Labute approximate surface area is 123 Å². The van der Waals surface area contributed by atoms with Crippen molar-refractivity contribution >= 4 is 50.5 Å². The second kappa shape index (κ2) is 5.50. The zero-order valence-corrected chi connectivity index (χ0v) is 12.1. The Balaban J connectivity index is 2.37.